The number of fused-ring (bicyclic) bond motifs is 2. The molecule has 1 heterocycles. The topological polar surface area (TPSA) is 15.7 Å². The lowest BCUT2D eigenvalue weighted by Gasteiger charge is -2.31. The quantitative estimate of drug-likeness (QED) is 0.128. The Morgan fingerprint density at radius 2 is 0.712 bits per heavy atom. The lowest BCUT2D eigenvalue weighted by Crippen LogP contribution is -2.37. The molecule has 0 saturated carbocycles. The van der Waals surface area contributed by atoms with E-state index in [0.717, 1.165) is 56.6 Å². The molecule has 0 fully saturated rings. The van der Waals surface area contributed by atoms with Gasteiger partial charge in [-0.2, -0.15) is 0 Å². The fourth-order valence-electron chi connectivity index (χ4n) is 8.25. The molecule has 0 unspecified atom stereocenters. The van der Waals surface area contributed by atoms with Crippen molar-refractivity contribution in [2.24, 2.45) is 0 Å². The van der Waals surface area contributed by atoms with Gasteiger partial charge >= 0.3 is 0 Å². The smallest absolute Gasteiger partial charge is 0.137 e. The van der Waals surface area contributed by atoms with E-state index in [-0.39, 0.29) is 0 Å². The highest BCUT2D eigenvalue weighted by molar-refractivity contribution is 6.90. The van der Waals surface area contributed by atoms with Crippen molar-refractivity contribution in [2.75, 3.05) is 9.80 Å². The van der Waals surface area contributed by atoms with Crippen LogP contribution in [-0.4, -0.2) is 32.3 Å². The van der Waals surface area contributed by atoms with Crippen molar-refractivity contribution in [3.05, 3.63) is 146 Å². The lowest BCUT2D eigenvalue weighted by atomic mass is 9.93. The van der Waals surface area contributed by atoms with Crippen LogP contribution < -0.4 is 35.3 Å². The molecular formula is C52H60N2OSi4. The van der Waals surface area contributed by atoms with Crippen LogP contribution in [0.15, 0.2) is 146 Å². The number of hydrogen-bond donors (Lipinski definition) is 0. The van der Waals surface area contributed by atoms with Gasteiger partial charge in [-0.05, 0) is 78.4 Å². The van der Waals surface area contributed by atoms with Crippen molar-refractivity contribution in [2.45, 2.75) is 78.6 Å². The van der Waals surface area contributed by atoms with Crippen molar-refractivity contribution in [3.63, 3.8) is 0 Å². The van der Waals surface area contributed by atoms with Crippen LogP contribution in [0.5, 0.6) is 11.5 Å². The molecule has 7 heteroatoms. The molecule has 0 atom stereocenters. The van der Waals surface area contributed by atoms with E-state index >= 15 is 0 Å². The Hall–Kier alpha value is -4.93. The maximum Gasteiger partial charge on any atom is 0.137 e. The third-order valence-electron chi connectivity index (χ3n) is 11.9. The average Bonchev–Trinajstić information content (AvgIpc) is 3.18. The average molecular weight is 841 g/mol. The fourth-order valence-corrected chi connectivity index (χ4v) is 12.9. The van der Waals surface area contributed by atoms with Crippen molar-refractivity contribution in [1.82, 2.24) is 0 Å². The molecule has 7 aromatic carbocycles. The Bertz CT molecular complexity index is 2530. The van der Waals surface area contributed by atoms with Gasteiger partial charge in [-0.15, -0.1) is 0 Å². The van der Waals surface area contributed by atoms with Gasteiger partial charge in [-0.1, -0.05) is 166 Å². The van der Waals surface area contributed by atoms with Crippen LogP contribution in [0.4, 0.5) is 34.1 Å². The van der Waals surface area contributed by atoms with Crippen molar-refractivity contribution >= 4 is 97.9 Å². The first-order valence-corrected chi connectivity index (χ1v) is 35.2. The monoisotopic (exact) mass is 840 g/mol. The number of ether oxygens (including phenoxy) is 1. The first-order chi connectivity index (χ1) is 27.8. The Labute approximate surface area is 357 Å². The predicted molar refractivity (Wildman–Crippen MR) is 271 cm³/mol. The Kier molecular flexibility index (Phi) is 10.4. The van der Waals surface area contributed by atoms with E-state index < -0.39 is 32.3 Å². The molecular weight excluding hydrogens is 781 g/mol. The van der Waals surface area contributed by atoms with Crippen LogP contribution in [0.3, 0.4) is 0 Å². The molecule has 0 aromatic heterocycles. The summed E-state index contributed by atoms with van der Waals surface area (Å²) in [5.74, 6) is 1.76. The molecule has 0 spiro atoms. The lowest BCUT2D eigenvalue weighted by molar-refractivity contribution is 0.487. The number of hydrogen-bond acceptors (Lipinski definition) is 3. The number of nitrogens with zero attached hydrogens (tertiary/aromatic N) is 2. The van der Waals surface area contributed by atoms with Gasteiger partial charge in [0.1, 0.15) is 11.5 Å². The Morgan fingerprint density at radius 3 is 1.12 bits per heavy atom. The Balaban J connectivity index is 1.24. The van der Waals surface area contributed by atoms with Crippen LogP contribution in [0, 0.1) is 0 Å². The van der Waals surface area contributed by atoms with Crippen molar-refractivity contribution in [1.29, 1.82) is 0 Å². The molecule has 0 N–H and O–H groups in total. The molecule has 300 valence electrons. The van der Waals surface area contributed by atoms with E-state index in [2.05, 4.69) is 234 Å². The summed E-state index contributed by atoms with van der Waals surface area (Å²) in [5.41, 5.74) is 9.13. The summed E-state index contributed by atoms with van der Waals surface area (Å²) in [7, 11) is -5.85. The Morgan fingerprint density at radius 1 is 0.339 bits per heavy atom. The van der Waals surface area contributed by atoms with E-state index in [4.69, 9.17) is 4.74 Å². The minimum absolute atomic E-state index is 0.874. The van der Waals surface area contributed by atoms with Gasteiger partial charge in [-0.3, -0.25) is 0 Å². The second-order valence-corrected chi connectivity index (χ2v) is 40.8. The summed E-state index contributed by atoms with van der Waals surface area (Å²) in [6, 6.07) is 55.0. The minimum atomic E-state index is -1.47. The highest BCUT2D eigenvalue weighted by Crippen LogP contribution is 2.52. The van der Waals surface area contributed by atoms with Gasteiger partial charge in [0.15, 0.2) is 0 Å². The normalized spacial score (nSPS) is 12.9. The standard InChI is InChI=1S/C52H60N2OSi4/c1-56(2,3)42-25-16-37(17-26-42)53(38-18-27-43(28-19-38)57(4,5)6)41-24-33-46-47-34-35-49(48-14-13-15-50(52(47)48)55-51(46)36-41)54(39-20-29-44(30-21-39)58(7,8)9)40-22-31-45(32-23-40)59(10,11)12/h13-36H,1-12H3. The van der Waals surface area contributed by atoms with Gasteiger partial charge in [0.25, 0.3) is 0 Å². The van der Waals surface area contributed by atoms with Gasteiger partial charge in [0.2, 0.25) is 0 Å². The van der Waals surface area contributed by atoms with Crippen LogP contribution in [0.1, 0.15) is 0 Å². The van der Waals surface area contributed by atoms with Gasteiger partial charge < -0.3 is 14.5 Å². The molecule has 0 aliphatic carbocycles. The fraction of sp³-hybridized carbons (Fsp3) is 0.231. The summed E-state index contributed by atoms with van der Waals surface area (Å²) in [5, 5.41) is 8.15. The molecule has 59 heavy (non-hydrogen) atoms. The van der Waals surface area contributed by atoms with Crippen LogP contribution in [0.2, 0.25) is 78.6 Å². The first kappa shape index (κ1) is 40.8. The maximum absolute atomic E-state index is 6.97. The molecule has 0 radical (unpaired) electrons. The largest absolute Gasteiger partial charge is 0.456 e. The van der Waals surface area contributed by atoms with Gasteiger partial charge in [-0.25, -0.2) is 0 Å². The van der Waals surface area contributed by atoms with Crippen LogP contribution in [-0.2, 0) is 0 Å². The van der Waals surface area contributed by atoms with E-state index in [0.29, 0.717) is 0 Å². The molecule has 7 aromatic rings. The van der Waals surface area contributed by atoms with E-state index in [9.17, 15) is 0 Å². The van der Waals surface area contributed by atoms with Crippen molar-refractivity contribution < 1.29 is 4.74 Å². The molecule has 1 aliphatic heterocycles. The molecule has 8 rings (SSSR count). The third-order valence-corrected chi connectivity index (χ3v) is 20.2. The van der Waals surface area contributed by atoms with E-state index in [1.807, 2.05) is 0 Å². The number of rotatable bonds is 10. The predicted octanol–water partition coefficient (Wildman–Crippen LogP) is 13.7. The van der Waals surface area contributed by atoms with E-state index in [1.165, 1.54) is 31.7 Å². The molecule has 0 bridgehead atoms. The highest BCUT2D eigenvalue weighted by Gasteiger charge is 2.27. The van der Waals surface area contributed by atoms with E-state index in [1.54, 1.807) is 0 Å². The first-order valence-electron chi connectivity index (χ1n) is 21.2. The summed E-state index contributed by atoms with van der Waals surface area (Å²) in [6.45, 7) is 28.9. The third kappa shape index (κ3) is 8.06. The minimum Gasteiger partial charge on any atom is -0.456 e. The summed E-state index contributed by atoms with van der Waals surface area (Å²) in [4.78, 5) is 4.81. The highest BCUT2D eigenvalue weighted by atomic mass is 28.3. The zero-order valence-corrected chi connectivity index (χ0v) is 41.2. The summed E-state index contributed by atoms with van der Waals surface area (Å²) in [6.07, 6.45) is 0. The molecule has 0 saturated heterocycles. The number of benzene rings is 7. The second kappa shape index (κ2) is 15.0. The second-order valence-electron chi connectivity index (χ2n) is 20.5. The molecule has 1 aliphatic rings. The number of anilines is 6. The van der Waals surface area contributed by atoms with Gasteiger partial charge in [0.05, 0.1) is 38.0 Å². The summed E-state index contributed by atoms with van der Waals surface area (Å²) >= 11 is 0. The molecule has 0 amide bonds. The van der Waals surface area contributed by atoms with Crippen LogP contribution >= 0.6 is 0 Å². The summed E-state index contributed by atoms with van der Waals surface area (Å²) < 4.78 is 6.97. The maximum atomic E-state index is 6.97. The molecule has 3 nitrogen and oxygen atoms in total. The van der Waals surface area contributed by atoms with Crippen molar-refractivity contribution in [3.8, 4) is 22.6 Å². The SMILES string of the molecule is C[Si](C)(C)c1ccc(N(c2ccc([Si](C)(C)C)cc2)c2ccc3c(c2)Oc2cccc4c(N(c5ccc([Si](C)(C)C)cc5)c5ccc([Si](C)(C)C)cc5)ccc-3c24)cc1. The van der Waals surface area contributed by atoms with Crippen LogP contribution in [0.25, 0.3) is 21.9 Å². The zero-order valence-electron chi connectivity index (χ0n) is 37.2. The zero-order chi connectivity index (χ0) is 42.1. The van der Waals surface area contributed by atoms with Gasteiger partial charge in [0, 0.05) is 50.8 Å².